The van der Waals surface area contributed by atoms with Crippen LogP contribution in [0.2, 0.25) is 0 Å². The van der Waals surface area contributed by atoms with Gasteiger partial charge in [0.15, 0.2) is 0 Å². The van der Waals surface area contributed by atoms with Gasteiger partial charge < -0.3 is 9.84 Å². The lowest BCUT2D eigenvalue weighted by atomic mass is 10.0. The maximum Gasteiger partial charge on any atom is 0.337 e. The van der Waals surface area contributed by atoms with E-state index in [1.54, 1.807) is 30.3 Å². The van der Waals surface area contributed by atoms with Gasteiger partial charge >= 0.3 is 5.97 Å². The Labute approximate surface area is 165 Å². The van der Waals surface area contributed by atoms with Gasteiger partial charge in [0, 0.05) is 29.8 Å². The molecule has 0 fully saturated rings. The van der Waals surface area contributed by atoms with Gasteiger partial charge in [-0.2, -0.15) is 5.26 Å². The molecular formula is C21H15N3O5. The largest absolute Gasteiger partial charge is 0.492 e. The molecule has 1 heterocycles. The Balaban J connectivity index is 1.80. The van der Waals surface area contributed by atoms with E-state index < -0.39 is 10.9 Å². The summed E-state index contributed by atoms with van der Waals surface area (Å²) in [7, 11) is 0. The fourth-order valence-corrected chi connectivity index (χ4v) is 2.87. The molecule has 3 aromatic rings. The molecule has 1 N–H and O–H groups in total. The van der Waals surface area contributed by atoms with Crippen LogP contribution in [0, 0.1) is 21.4 Å². The molecule has 0 aliphatic rings. The van der Waals surface area contributed by atoms with Crippen LogP contribution in [0.4, 0.5) is 5.69 Å². The Morgan fingerprint density at radius 2 is 2.00 bits per heavy atom. The van der Waals surface area contributed by atoms with Crippen LogP contribution in [-0.2, 0) is 6.42 Å². The number of nitriles is 1. The summed E-state index contributed by atoms with van der Waals surface area (Å²) in [6, 6.07) is 16.1. The van der Waals surface area contributed by atoms with E-state index in [-0.39, 0.29) is 29.1 Å². The quantitative estimate of drug-likeness (QED) is 0.480. The maximum absolute atomic E-state index is 11.4. The summed E-state index contributed by atoms with van der Waals surface area (Å²) in [5.74, 6) is -0.806. The summed E-state index contributed by atoms with van der Waals surface area (Å²) in [6.07, 6.45) is 1.78. The van der Waals surface area contributed by atoms with Gasteiger partial charge in [-0.3, -0.25) is 15.1 Å². The predicted molar refractivity (Wildman–Crippen MR) is 104 cm³/mol. The Morgan fingerprint density at radius 1 is 1.21 bits per heavy atom. The van der Waals surface area contributed by atoms with E-state index >= 15 is 0 Å². The van der Waals surface area contributed by atoms with E-state index in [0.717, 1.165) is 0 Å². The van der Waals surface area contributed by atoms with Crippen molar-refractivity contribution in [3.05, 3.63) is 87.6 Å². The number of rotatable bonds is 7. The van der Waals surface area contributed by atoms with Crippen molar-refractivity contribution in [2.45, 2.75) is 6.42 Å². The molecule has 1 aromatic heterocycles. The highest BCUT2D eigenvalue weighted by Crippen LogP contribution is 2.28. The SMILES string of the molecule is N#Cc1cc(-c2ncccc2C(=O)O)ccc1OCCc1ccccc1[N+](=O)[O-]. The lowest BCUT2D eigenvalue weighted by Crippen LogP contribution is -2.05. The van der Waals surface area contributed by atoms with E-state index in [4.69, 9.17) is 4.74 Å². The summed E-state index contributed by atoms with van der Waals surface area (Å²) >= 11 is 0. The summed E-state index contributed by atoms with van der Waals surface area (Å²) in [5.41, 5.74) is 1.53. The number of nitrogens with zero attached hydrogens (tertiary/aromatic N) is 3. The number of carboxylic acid groups (broad SMARTS) is 1. The first kappa shape index (κ1) is 19.5. The smallest absolute Gasteiger partial charge is 0.337 e. The minimum absolute atomic E-state index is 0.0170. The molecule has 0 unspecified atom stereocenters. The number of aromatic nitrogens is 1. The van der Waals surface area contributed by atoms with Crippen LogP contribution >= 0.6 is 0 Å². The van der Waals surface area contributed by atoms with Gasteiger partial charge in [-0.05, 0) is 30.3 Å². The number of ether oxygens (including phenoxy) is 1. The van der Waals surface area contributed by atoms with Gasteiger partial charge in [0.2, 0.25) is 0 Å². The van der Waals surface area contributed by atoms with Gasteiger partial charge in [-0.25, -0.2) is 4.79 Å². The number of hydrogen-bond donors (Lipinski definition) is 1. The number of carboxylic acids is 1. The highest BCUT2D eigenvalue weighted by atomic mass is 16.6. The van der Waals surface area contributed by atoms with E-state index in [9.17, 15) is 25.3 Å². The topological polar surface area (TPSA) is 126 Å². The van der Waals surface area contributed by atoms with Crippen LogP contribution in [0.5, 0.6) is 5.75 Å². The molecule has 0 saturated heterocycles. The molecule has 0 spiro atoms. The third-order valence-corrected chi connectivity index (χ3v) is 4.23. The molecule has 0 aliphatic heterocycles. The lowest BCUT2D eigenvalue weighted by Gasteiger charge is -2.10. The van der Waals surface area contributed by atoms with Gasteiger partial charge in [-0.15, -0.1) is 0 Å². The van der Waals surface area contributed by atoms with E-state index in [2.05, 4.69) is 4.98 Å². The minimum atomic E-state index is -1.11. The molecular weight excluding hydrogens is 374 g/mol. The molecule has 2 aromatic carbocycles. The van der Waals surface area contributed by atoms with Crippen molar-refractivity contribution >= 4 is 11.7 Å². The van der Waals surface area contributed by atoms with Crippen molar-refractivity contribution in [2.24, 2.45) is 0 Å². The van der Waals surface area contributed by atoms with Crippen LogP contribution in [0.3, 0.4) is 0 Å². The standard InChI is InChI=1S/C21H15N3O5/c22-13-16-12-15(20-17(21(25)26)5-3-10-23-20)7-8-19(16)29-11-9-14-4-1-2-6-18(14)24(27)28/h1-8,10,12H,9,11H2,(H,25,26). The number of nitro groups is 1. The molecule has 0 bridgehead atoms. The van der Waals surface area contributed by atoms with Gasteiger partial charge in [-0.1, -0.05) is 18.2 Å². The summed E-state index contributed by atoms with van der Waals surface area (Å²) < 4.78 is 5.65. The molecule has 0 radical (unpaired) electrons. The molecule has 0 amide bonds. The molecule has 29 heavy (non-hydrogen) atoms. The Bertz CT molecular complexity index is 1120. The normalized spacial score (nSPS) is 10.2. The number of aromatic carboxylic acids is 1. The average Bonchev–Trinajstić information content (AvgIpc) is 2.74. The fraction of sp³-hybridized carbons (Fsp3) is 0.0952. The first-order chi connectivity index (χ1) is 14.0. The lowest BCUT2D eigenvalue weighted by molar-refractivity contribution is -0.385. The van der Waals surface area contributed by atoms with Crippen LogP contribution in [0.15, 0.2) is 60.8 Å². The highest BCUT2D eigenvalue weighted by Gasteiger charge is 2.15. The molecule has 0 atom stereocenters. The Hall–Kier alpha value is -4.25. The second-order valence-electron chi connectivity index (χ2n) is 6.01. The zero-order valence-corrected chi connectivity index (χ0v) is 15.1. The second kappa shape index (κ2) is 8.63. The average molecular weight is 389 g/mol. The molecule has 0 saturated carbocycles. The van der Waals surface area contributed by atoms with E-state index in [1.807, 2.05) is 6.07 Å². The van der Waals surface area contributed by atoms with Gasteiger partial charge in [0.25, 0.3) is 5.69 Å². The minimum Gasteiger partial charge on any atom is -0.492 e. The first-order valence-corrected chi connectivity index (χ1v) is 8.59. The number of nitro benzene ring substituents is 1. The first-order valence-electron chi connectivity index (χ1n) is 8.59. The Morgan fingerprint density at radius 3 is 2.72 bits per heavy atom. The predicted octanol–water partition coefficient (Wildman–Crippen LogP) is 3.85. The molecule has 8 nitrogen and oxygen atoms in total. The second-order valence-corrected chi connectivity index (χ2v) is 6.01. The molecule has 0 aliphatic carbocycles. The van der Waals surface area contributed by atoms with Crippen molar-refractivity contribution in [1.82, 2.24) is 4.98 Å². The van der Waals surface area contributed by atoms with Crippen molar-refractivity contribution < 1.29 is 19.6 Å². The molecule has 8 heteroatoms. The zero-order valence-electron chi connectivity index (χ0n) is 15.1. The maximum atomic E-state index is 11.4. The molecule has 144 valence electrons. The highest BCUT2D eigenvalue weighted by molar-refractivity contribution is 5.94. The number of hydrogen-bond acceptors (Lipinski definition) is 6. The zero-order chi connectivity index (χ0) is 20.8. The molecule has 3 rings (SSSR count). The number of benzene rings is 2. The number of para-hydroxylation sites is 1. The van der Waals surface area contributed by atoms with Crippen LogP contribution < -0.4 is 4.74 Å². The van der Waals surface area contributed by atoms with Gasteiger partial charge in [0.1, 0.15) is 11.8 Å². The van der Waals surface area contributed by atoms with Crippen LogP contribution in [0.25, 0.3) is 11.3 Å². The third kappa shape index (κ3) is 4.36. The van der Waals surface area contributed by atoms with Crippen molar-refractivity contribution in [2.75, 3.05) is 6.61 Å². The summed E-state index contributed by atoms with van der Waals surface area (Å²) in [5, 5.41) is 29.8. The van der Waals surface area contributed by atoms with E-state index in [0.29, 0.717) is 23.3 Å². The third-order valence-electron chi connectivity index (χ3n) is 4.23. The monoisotopic (exact) mass is 389 g/mol. The number of pyridine rings is 1. The van der Waals surface area contributed by atoms with Gasteiger partial charge in [0.05, 0.1) is 28.4 Å². The van der Waals surface area contributed by atoms with Crippen LogP contribution in [-0.4, -0.2) is 27.6 Å². The summed E-state index contributed by atoms with van der Waals surface area (Å²) in [6.45, 7) is 0.142. The van der Waals surface area contributed by atoms with E-state index in [1.165, 1.54) is 30.5 Å². The Kier molecular flexibility index (Phi) is 5.80. The van der Waals surface area contributed by atoms with Crippen LogP contribution in [0.1, 0.15) is 21.5 Å². The number of carbonyl (C=O) groups is 1. The fourth-order valence-electron chi connectivity index (χ4n) is 2.87. The van der Waals surface area contributed by atoms with Crippen molar-refractivity contribution in [3.8, 4) is 23.1 Å². The summed E-state index contributed by atoms with van der Waals surface area (Å²) in [4.78, 5) is 26.1. The van der Waals surface area contributed by atoms with Crippen molar-refractivity contribution in [1.29, 1.82) is 5.26 Å². The van der Waals surface area contributed by atoms with Crippen molar-refractivity contribution in [3.63, 3.8) is 0 Å².